The molecule has 0 radical (unpaired) electrons. The van der Waals surface area contributed by atoms with E-state index in [1.165, 1.54) is 33.8 Å². The van der Waals surface area contributed by atoms with Gasteiger partial charge in [-0.2, -0.15) is 4.68 Å². The highest BCUT2D eigenvalue weighted by Gasteiger charge is 2.41. The van der Waals surface area contributed by atoms with Crippen LogP contribution >= 0.6 is 11.6 Å². The Morgan fingerprint density at radius 1 is 0.975 bits per heavy atom. The van der Waals surface area contributed by atoms with Crippen LogP contribution in [0.4, 0.5) is 8.78 Å². The largest absolute Gasteiger partial charge is 0.277 e. The molecule has 202 valence electrons. The second-order valence-electron chi connectivity index (χ2n) is 10.0. The average molecular weight is 560 g/mol. The zero-order valence-corrected chi connectivity index (χ0v) is 22.9. The lowest BCUT2D eigenvalue weighted by molar-refractivity contribution is 0.609. The number of halogens is 3. The van der Waals surface area contributed by atoms with Gasteiger partial charge in [-0.1, -0.05) is 23.7 Å². The maximum Gasteiger partial charge on any atom is 0.274 e. The summed E-state index contributed by atoms with van der Waals surface area (Å²) in [6.07, 6.45) is 3.78. The molecular weight excluding hydrogens is 536 g/mol. The quantitative estimate of drug-likeness (QED) is 0.274. The standard InChI is InChI=1S/C29H24ClF2N7O/c1-14-13-34-26(23-9-10-33-29(36-23)39-17(4)35-16(3)37-39)25(32)27(14)38-15(2)11-22(24(30)28(38)40)21-12-20(21)18-5-7-19(31)8-6-18/h5-11,13,20-21H,12H2,1-4H3/t20-,21+/m1/s1. The first-order valence-corrected chi connectivity index (χ1v) is 13.1. The smallest absolute Gasteiger partial charge is 0.274 e. The van der Waals surface area contributed by atoms with Gasteiger partial charge in [0, 0.05) is 18.1 Å². The molecule has 0 unspecified atom stereocenters. The van der Waals surface area contributed by atoms with Crippen LogP contribution in [0.15, 0.2) is 53.6 Å². The van der Waals surface area contributed by atoms with Crippen molar-refractivity contribution in [1.82, 2.24) is 34.3 Å². The Morgan fingerprint density at radius 2 is 1.73 bits per heavy atom. The number of pyridine rings is 2. The molecule has 1 fully saturated rings. The van der Waals surface area contributed by atoms with E-state index in [4.69, 9.17) is 11.6 Å². The van der Waals surface area contributed by atoms with E-state index in [9.17, 15) is 9.18 Å². The number of aryl methyl sites for hydroxylation is 4. The normalized spacial score (nSPS) is 16.4. The highest BCUT2D eigenvalue weighted by atomic mass is 35.5. The third-order valence-electron chi connectivity index (χ3n) is 7.20. The molecule has 5 aromatic rings. The summed E-state index contributed by atoms with van der Waals surface area (Å²) < 4.78 is 32.3. The summed E-state index contributed by atoms with van der Waals surface area (Å²) in [6, 6.07) is 9.73. The summed E-state index contributed by atoms with van der Waals surface area (Å²) in [4.78, 5) is 30.9. The van der Waals surface area contributed by atoms with E-state index in [0.717, 1.165) is 12.0 Å². The fourth-order valence-corrected chi connectivity index (χ4v) is 5.49. The zero-order valence-electron chi connectivity index (χ0n) is 22.2. The first-order valence-electron chi connectivity index (χ1n) is 12.7. The lowest BCUT2D eigenvalue weighted by Gasteiger charge is -2.17. The predicted molar refractivity (Wildman–Crippen MR) is 146 cm³/mol. The summed E-state index contributed by atoms with van der Waals surface area (Å²) in [6.45, 7) is 6.95. The molecule has 2 atom stereocenters. The van der Waals surface area contributed by atoms with Crippen LogP contribution in [-0.4, -0.2) is 34.3 Å². The molecule has 1 aromatic carbocycles. The van der Waals surface area contributed by atoms with Crippen LogP contribution < -0.4 is 5.56 Å². The Kier molecular flexibility index (Phi) is 6.29. The average Bonchev–Trinajstić information content (AvgIpc) is 3.64. The van der Waals surface area contributed by atoms with Gasteiger partial charge < -0.3 is 0 Å². The van der Waals surface area contributed by atoms with Crippen molar-refractivity contribution < 1.29 is 8.78 Å². The molecule has 1 saturated carbocycles. The van der Waals surface area contributed by atoms with Crippen molar-refractivity contribution in [2.45, 2.75) is 46.0 Å². The molecule has 1 aliphatic carbocycles. The van der Waals surface area contributed by atoms with Crippen LogP contribution in [0, 0.1) is 39.3 Å². The molecule has 0 saturated heterocycles. The van der Waals surface area contributed by atoms with Crippen molar-refractivity contribution in [3.8, 4) is 23.0 Å². The molecule has 40 heavy (non-hydrogen) atoms. The Hall–Kier alpha value is -4.31. The fourth-order valence-electron chi connectivity index (χ4n) is 5.21. The second kappa shape index (κ2) is 9.71. The zero-order chi connectivity index (χ0) is 28.3. The van der Waals surface area contributed by atoms with Crippen LogP contribution in [0.2, 0.25) is 5.02 Å². The minimum absolute atomic E-state index is 0.0290. The van der Waals surface area contributed by atoms with Crippen LogP contribution in [0.3, 0.4) is 0 Å². The molecule has 0 aliphatic heterocycles. The Labute approximate surface area is 233 Å². The van der Waals surface area contributed by atoms with E-state index in [0.29, 0.717) is 28.5 Å². The van der Waals surface area contributed by atoms with E-state index in [-0.39, 0.29) is 45.7 Å². The summed E-state index contributed by atoms with van der Waals surface area (Å²) in [5, 5.41) is 4.34. The topological polar surface area (TPSA) is 91.4 Å². The number of aromatic nitrogens is 7. The molecule has 0 N–H and O–H groups in total. The summed E-state index contributed by atoms with van der Waals surface area (Å²) >= 11 is 6.63. The Morgan fingerprint density at radius 3 is 2.42 bits per heavy atom. The predicted octanol–water partition coefficient (Wildman–Crippen LogP) is 5.71. The maximum atomic E-state index is 16.2. The van der Waals surface area contributed by atoms with Crippen molar-refractivity contribution in [3.63, 3.8) is 0 Å². The third-order valence-corrected chi connectivity index (χ3v) is 7.58. The highest BCUT2D eigenvalue weighted by molar-refractivity contribution is 6.31. The molecule has 0 bridgehead atoms. The molecule has 8 nitrogen and oxygen atoms in total. The van der Waals surface area contributed by atoms with Crippen molar-refractivity contribution in [3.05, 3.63) is 110 Å². The lowest BCUT2D eigenvalue weighted by atomic mass is 10.0. The lowest BCUT2D eigenvalue weighted by Crippen LogP contribution is -2.24. The first-order chi connectivity index (χ1) is 19.1. The van der Waals surface area contributed by atoms with Gasteiger partial charge in [0.05, 0.1) is 11.4 Å². The van der Waals surface area contributed by atoms with Crippen molar-refractivity contribution in [2.24, 2.45) is 0 Å². The SMILES string of the molecule is Cc1nc(C)n(-c2nccc(-c3ncc(C)c(-n4c(C)cc([C@H]5C[C@@H]5c5ccc(F)cc5)c(Cl)c4=O)c3F)n2)n1. The number of hydrogen-bond donors (Lipinski definition) is 0. The van der Waals surface area contributed by atoms with Gasteiger partial charge in [-0.25, -0.2) is 23.7 Å². The van der Waals surface area contributed by atoms with Gasteiger partial charge in [0.2, 0.25) is 0 Å². The summed E-state index contributed by atoms with van der Waals surface area (Å²) in [5.74, 6) is 0.527. The van der Waals surface area contributed by atoms with Crippen LogP contribution in [0.1, 0.15) is 52.3 Å². The van der Waals surface area contributed by atoms with E-state index in [2.05, 4.69) is 25.0 Å². The molecule has 4 heterocycles. The molecule has 4 aromatic heterocycles. The van der Waals surface area contributed by atoms with E-state index in [1.54, 1.807) is 45.9 Å². The Balaban J connectivity index is 1.41. The molecule has 11 heteroatoms. The molecule has 0 spiro atoms. The third kappa shape index (κ3) is 4.38. The number of benzene rings is 1. The van der Waals surface area contributed by atoms with Gasteiger partial charge in [0.25, 0.3) is 11.5 Å². The monoisotopic (exact) mass is 559 g/mol. The van der Waals surface area contributed by atoms with Crippen LogP contribution in [0.5, 0.6) is 0 Å². The van der Waals surface area contributed by atoms with Crippen LogP contribution in [0.25, 0.3) is 23.0 Å². The van der Waals surface area contributed by atoms with Gasteiger partial charge in [-0.05, 0) is 86.9 Å². The van der Waals surface area contributed by atoms with Gasteiger partial charge in [0.15, 0.2) is 5.82 Å². The molecule has 6 rings (SSSR count). The second-order valence-corrected chi connectivity index (χ2v) is 10.4. The first kappa shape index (κ1) is 25.9. The summed E-state index contributed by atoms with van der Waals surface area (Å²) in [7, 11) is 0. The van der Waals surface area contributed by atoms with Gasteiger partial charge in [0.1, 0.15) is 28.2 Å². The maximum absolute atomic E-state index is 16.2. The number of hydrogen-bond acceptors (Lipinski definition) is 6. The van der Waals surface area contributed by atoms with Crippen molar-refractivity contribution >= 4 is 11.6 Å². The van der Waals surface area contributed by atoms with Gasteiger partial charge >= 0.3 is 0 Å². The van der Waals surface area contributed by atoms with E-state index >= 15 is 4.39 Å². The fraction of sp³-hybridized carbons (Fsp3) is 0.241. The van der Waals surface area contributed by atoms with E-state index in [1.807, 2.05) is 6.07 Å². The molecule has 1 aliphatic rings. The number of rotatable bonds is 5. The highest BCUT2D eigenvalue weighted by Crippen LogP contribution is 2.55. The minimum Gasteiger partial charge on any atom is -0.277 e. The van der Waals surface area contributed by atoms with Crippen molar-refractivity contribution in [2.75, 3.05) is 0 Å². The van der Waals surface area contributed by atoms with Gasteiger partial charge in [-0.15, -0.1) is 5.10 Å². The van der Waals surface area contributed by atoms with Crippen molar-refractivity contribution in [1.29, 1.82) is 0 Å². The number of nitrogens with zero attached hydrogens (tertiary/aromatic N) is 7. The van der Waals surface area contributed by atoms with Crippen LogP contribution in [-0.2, 0) is 0 Å². The van der Waals surface area contributed by atoms with E-state index < -0.39 is 11.4 Å². The molecule has 0 amide bonds. The van der Waals surface area contributed by atoms with Gasteiger partial charge in [-0.3, -0.25) is 14.3 Å². The minimum atomic E-state index is -0.708. The Bertz CT molecular complexity index is 1850. The molecular formula is C29H24ClF2N7O. The summed E-state index contributed by atoms with van der Waals surface area (Å²) in [5.41, 5.74) is 2.42.